The zero-order valence-electron chi connectivity index (χ0n) is 8.79. The highest BCUT2D eigenvalue weighted by Gasteiger charge is 2.01. The van der Waals surface area contributed by atoms with Gasteiger partial charge in [0.25, 0.3) is 0 Å². The molecule has 3 heteroatoms. The topological polar surface area (TPSA) is 37.3 Å². The van der Waals surface area contributed by atoms with Gasteiger partial charge in [-0.05, 0) is 49.4 Å². The van der Waals surface area contributed by atoms with E-state index in [9.17, 15) is 9.18 Å². The first-order valence-corrected chi connectivity index (χ1v) is 5.06. The Morgan fingerprint density at radius 3 is 2.80 bits per heavy atom. The average Bonchev–Trinajstić information content (AvgIpc) is 2.17. The van der Waals surface area contributed by atoms with Gasteiger partial charge in [0.1, 0.15) is 5.82 Å². The van der Waals surface area contributed by atoms with Crippen molar-refractivity contribution >= 4 is 5.97 Å². The molecule has 1 rings (SSSR count). The number of rotatable bonds is 5. The summed E-state index contributed by atoms with van der Waals surface area (Å²) in [5.41, 5.74) is 2.03. The van der Waals surface area contributed by atoms with Crippen LogP contribution in [0.2, 0.25) is 0 Å². The van der Waals surface area contributed by atoms with Crippen LogP contribution in [0.5, 0.6) is 0 Å². The van der Waals surface area contributed by atoms with Crippen molar-refractivity contribution in [3.8, 4) is 0 Å². The van der Waals surface area contributed by atoms with Crippen molar-refractivity contribution in [1.29, 1.82) is 0 Å². The van der Waals surface area contributed by atoms with Gasteiger partial charge in [0, 0.05) is 6.42 Å². The number of carboxylic acid groups (broad SMARTS) is 1. The number of unbranched alkanes of at least 4 members (excludes halogenated alkanes) is 1. The largest absolute Gasteiger partial charge is 0.481 e. The minimum Gasteiger partial charge on any atom is -0.481 e. The van der Waals surface area contributed by atoms with Gasteiger partial charge >= 0.3 is 5.97 Å². The Hall–Kier alpha value is -1.38. The summed E-state index contributed by atoms with van der Waals surface area (Å²) in [7, 11) is 0. The number of hydrogen-bond donors (Lipinski definition) is 1. The summed E-state index contributed by atoms with van der Waals surface area (Å²) >= 11 is 0. The molecule has 0 atom stereocenters. The molecule has 15 heavy (non-hydrogen) atoms. The molecule has 0 saturated carbocycles. The molecule has 0 aliphatic heterocycles. The van der Waals surface area contributed by atoms with Crippen LogP contribution in [0.3, 0.4) is 0 Å². The molecule has 0 saturated heterocycles. The van der Waals surface area contributed by atoms with Crippen LogP contribution in [0.25, 0.3) is 0 Å². The molecule has 0 aromatic heterocycles. The zero-order valence-corrected chi connectivity index (χ0v) is 8.79. The molecule has 1 aromatic rings. The maximum absolute atomic E-state index is 12.9. The lowest BCUT2D eigenvalue weighted by atomic mass is 10.0. The van der Waals surface area contributed by atoms with Crippen molar-refractivity contribution in [1.82, 2.24) is 0 Å². The van der Waals surface area contributed by atoms with Crippen molar-refractivity contribution in [2.45, 2.75) is 32.6 Å². The third kappa shape index (κ3) is 4.11. The predicted octanol–water partition coefficient (Wildman–Crippen LogP) is 2.93. The maximum atomic E-state index is 12.9. The Labute approximate surface area is 88.7 Å². The molecule has 0 spiro atoms. The molecular formula is C12H15FO2. The smallest absolute Gasteiger partial charge is 0.303 e. The lowest BCUT2D eigenvalue weighted by molar-refractivity contribution is -0.137. The van der Waals surface area contributed by atoms with Crippen LogP contribution >= 0.6 is 0 Å². The number of carboxylic acids is 1. The third-order valence-corrected chi connectivity index (χ3v) is 2.40. The van der Waals surface area contributed by atoms with Crippen LogP contribution in [-0.4, -0.2) is 11.1 Å². The molecule has 0 heterocycles. The van der Waals surface area contributed by atoms with Gasteiger partial charge in [-0.2, -0.15) is 0 Å². The highest BCUT2D eigenvalue weighted by Crippen LogP contribution is 2.13. The van der Waals surface area contributed by atoms with Gasteiger partial charge in [0.05, 0.1) is 0 Å². The molecule has 0 aliphatic rings. The van der Waals surface area contributed by atoms with Crippen LogP contribution < -0.4 is 0 Å². The molecule has 0 amide bonds. The van der Waals surface area contributed by atoms with Gasteiger partial charge < -0.3 is 5.11 Å². The summed E-state index contributed by atoms with van der Waals surface area (Å²) in [6.45, 7) is 1.94. The minimum atomic E-state index is -0.772. The predicted molar refractivity (Wildman–Crippen MR) is 56.3 cm³/mol. The van der Waals surface area contributed by atoms with Gasteiger partial charge in [0.15, 0.2) is 0 Å². The van der Waals surface area contributed by atoms with E-state index in [0.717, 1.165) is 24.0 Å². The van der Waals surface area contributed by atoms with E-state index < -0.39 is 5.97 Å². The summed E-state index contributed by atoms with van der Waals surface area (Å²) in [6.07, 6.45) is 2.37. The summed E-state index contributed by atoms with van der Waals surface area (Å²) in [4.78, 5) is 10.3. The number of aliphatic carboxylic acids is 1. The molecule has 0 aliphatic carbocycles. The molecule has 0 radical (unpaired) electrons. The molecule has 1 aromatic carbocycles. The first-order valence-electron chi connectivity index (χ1n) is 5.06. The first kappa shape index (κ1) is 11.7. The van der Waals surface area contributed by atoms with E-state index >= 15 is 0 Å². The van der Waals surface area contributed by atoms with Crippen molar-refractivity contribution in [3.05, 3.63) is 35.1 Å². The molecule has 0 bridgehead atoms. The van der Waals surface area contributed by atoms with Gasteiger partial charge in [-0.25, -0.2) is 4.39 Å². The molecule has 82 valence electrons. The number of hydrogen-bond acceptors (Lipinski definition) is 1. The Balaban J connectivity index is 2.43. The Morgan fingerprint density at radius 1 is 1.40 bits per heavy atom. The highest BCUT2D eigenvalue weighted by molar-refractivity contribution is 5.66. The molecule has 0 unspecified atom stereocenters. The fourth-order valence-electron chi connectivity index (χ4n) is 1.50. The van der Waals surface area contributed by atoms with Crippen LogP contribution in [0.4, 0.5) is 4.39 Å². The normalized spacial score (nSPS) is 10.3. The summed E-state index contributed by atoms with van der Waals surface area (Å²) in [5.74, 6) is -1.00. The molecule has 0 fully saturated rings. The van der Waals surface area contributed by atoms with Crippen LogP contribution in [-0.2, 0) is 11.2 Å². The summed E-state index contributed by atoms with van der Waals surface area (Å²) < 4.78 is 12.9. The van der Waals surface area contributed by atoms with Crippen LogP contribution in [0, 0.1) is 12.7 Å². The second kappa shape index (κ2) is 5.49. The Kier molecular flexibility index (Phi) is 4.28. The Morgan fingerprint density at radius 2 is 2.13 bits per heavy atom. The van der Waals surface area contributed by atoms with Crippen molar-refractivity contribution in [2.75, 3.05) is 0 Å². The van der Waals surface area contributed by atoms with Crippen molar-refractivity contribution in [3.63, 3.8) is 0 Å². The lowest BCUT2D eigenvalue weighted by Gasteiger charge is -2.04. The van der Waals surface area contributed by atoms with E-state index in [4.69, 9.17) is 5.11 Å². The minimum absolute atomic E-state index is 0.189. The second-order valence-corrected chi connectivity index (χ2v) is 3.67. The van der Waals surface area contributed by atoms with Gasteiger partial charge in [0.2, 0.25) is 0 Å². The third-order valence-electron chi connectivity index (χ3n) is 2.40. The molecule has 2 nitrogen and oxygen atoms in total. The Bertz CT molecular complexity index is 347. The second-order valence-electron chi connectivity index (χ2n) is 3.67. The average molecular weight is 210 g/mol. The highest BCUT2D eigenvalue weighted by atomic mass is 19.1. The number of aryl methyl sites for hydroxylation is 2. The number of benzene rings is 1. The zero-order chi connectivity index (χ0) is 11.3. The quantitative estimate of drug-likeness (QED) is 0.759. The summed E-state index contributed by atoms with van der Waals surface area (Å²) in [6, 6.07) is 4.72. The standard InChI is InChI=1S/C12H15FO2/c1-9-6-7-11(13)8-10(9)4-2-3-5-12(14)15/h6-8H,2-5H2,1H3,(H,14,15). The number of halogens is 1. The van der Waals surface area contributed by atoms with Gasteiger partial charge in [-0.15, -0.1) is 0 Å². The SMILES string of the molecule is Cc1ccc(F)cc1CCCCC(=O)O. The number of carbonyl (C=O) groups is 1. The van der Waals surface area contributed by atoms with Gasteiger partial charge in [-0.3, -0.25) is 4.79 Å². The van der Waals surface area contributed by atoms with E-state index in [1.54, 1.807) is 6.07 Å². The van der Waals surface area contributed by atoms with E-state index in [0.29, 0.717) is 6.42 Å². The molecular weight excluding hydrogens is 195 g/mol. The van der Waals surface area contributed by atoms with Gasteiger partial charge in [-0.1, -0.05) is 6.07 Å². The van der Waals surface area contributed by atoms with Crippen LogP contribution in [0.1, 0.15) is 30.4 Å². The van der Waals surface area contributed by atoms with E-state index in [1.807, 2.05) is 6.92 Å². The fraction of sp³-hybridized carbons (Fsp3) is 0.417. The van der Waals surface area contributed by atoms with Crippen molar-refractivity contribution in [2.24, 2.45) is 0 Å². The molecule has 1 N–H and O–H groups in total. The first-order chi connectivity index (χ1) is 7.09. The van der Waals surface area contributed by atoms with Crippen molar-refractivity contribution < 1.29 is 14.3 Å². The summed E-state index contributed by atoms with van der Waals surface area (Å²) in [5, 5.41) is 8.45. The maximum Gasteiger partial charge on any atom is 0.303 e. The van der Waals surface area contributed by atoms with E-state index in [1.165, 1.54) is 12.1 Å². The lowest BCUT2D eigenvalue weighted by Crippen LogP contribution is -1.96. The van der Waals surface area contributed by atoms with Crippen LogP contribution in [0.15, 0.2) is 18.2 Å². The van der Waals surface area contributed by atoms with E-state index in [-0.39, 0.29) is 12.2 Å². The monoisotopic (exact) mass is 210 g/mol. The fourth-order valence-corrected chi connectivity index (χ4v) is 1.50. The van der Waals surface area contributed by atoms with E-state index in [2.05, 4.69) is 0 Å².